The average molecular weight is 752 g/mol. The maximum Gasteiger partial charge on any atom is 0.255 e. The fraction of sp³-hybridized carbons (Fsp3) is 0.143. The highest BCUT2D eigenvalue weighted by Gasteiger charge is 2.10. The van der Waals surface area contributed by atoms with Gasteiger partial charge in [-0.05, 0) is 123 Å². The number of aliphatic hydroxyl groups is 1. The predicted octanol–water partition coefficient (Wildman–Crippen LogP) is 9.67. The van der Waals surface area contributed by atoms with Gasteiger partial charge >= 0.3 is 0 Å². The number of hydrogen-bond acceptors (Lipinski definition) is 7. The average Bonchev–Trinajstić information content (AvgIpc) is 3.16. The molecule has 0 saturated carbocycles. The van der Waals surface area contributed by atoms with Gasteiger partial charge in [0.1, 0.15) is 28.4 Å². The molecule has 0 atom stereocenters. The number of aryl methyl sites for hydroxylation is 2. The van der Waals surface area contributed by atoms with Gasteiger partial charge in [0.05, 0.1) is 6.61 Å². The highest BCUT2D eigenvalue weighted by atomic mass is 35.5. The van der Waals surface area contributed by atoms with E-state index in [1.165, 1.54) is 12.1 Å². The number of benzene rings is 4. The van der Waals surface area contributed by atoms with E-state index >= 15 is 0 Å². The number of carbonyl (C=O) groups is 2. The summed E-state index contributed by atoms with van der Waals surface area (Å²) in [5, 5.41) is 24.4. The molecule has 6 rings (SSSR count). The van der Waals surface area contributed by atoms with Crippen LogP contribution in [0.15, 0.2) is 122 Å². The Morgan fingerprint density at radius 1 is 0.623 bits per heavy atom. The van der Waals surface area contributed by atoms with Gasteiger partial charge in [-0.2, -0.15) is 0 Å². The van der Waals surface area contributed by atoms with Gasteiger partial charge in [-0.15, -0.1) is 0 Å². The van der Waals surface area contributed by atoms with Crippen molar-refractivity contribution in [3.8, 4) is 11.5 Å². The molecule has 0 spiro atoms. The van der Waals surface area contributed by atoms with Crippen molar-refractivity contribution in [3.05, 3.63) is 176 Å². The highest BCUT2D eigenvalue weighted by Crippen LogP contribution is 2.22. The molecule has 6 aromatic rings. The Bertz CT molecular complexity index is 2140. The Balaban J connectivity index is 0.000000200. The van der Waals surface area contributed by atoms with Crippen LogP contribution in [0, 0.1) is 27.7 Å². The number of carbonyl (C=O) groups excluding carboxylic acids is 2. The number of pyridine rings is 2. The standard InChI is InChI=1S/C21H19ClN2O2.C15H15NO2.C6H6ClNO/c1-14-5-3-7-19(15(14)2)24-21(25)16-8-10-18(11-9-16)26-13-17-6-4-12-23-20(17)22;1-10-4-3-5-14(11(10)2)16-15(18)12-6-8-13(17)9-7-12;7-6-5(4-9)2-1-3-8-6/h3-12H,13H2,1-2H3,(H,24,25);3-9,17H,1-2H3,(H,16,18);1-3,9H,4H2. The Morgan fingerprint density at radius 3 is 1.51 bits per heavy atom. The van der Waals surface area contributed by atoms with Crippen molar-refractivity contribution >= 4 is 46.4 Å². The Labute approximate surface area is 319 Å². The first-order valence-electron chi connectivity index (χ1n) is 16.5. The van der Waals surface area contributed by atoms with Gasteiger partial charge in [0, 0.05) is 46.0 Å². The molecule has 2 aromatic heterocycles. The molecule has 0 aliphatic heterocycles. The number of rotatable bonds is 8. The summed E-state index contributed by atoms with van der Waals surface area (Å²) in [4.78, 5) is 32.2. The maximum absolute atomic E-state index is 12.4. The molecule has 4 aromatic carbocycles. The first kappa shape index (κ1) is 40.0. The van der Waals surface area contributed by atoms with Crippen molar-refractivity contribution in [2.24, 2.45) is 0 Å². The number of amides is 2. The summed E-state index contributed by atoms with van der Waals surface area (Å²) in [6.45, 7) is 8.26. The number of hydrogen-bond donors (Lipinski definition) is 4. The van der Waals surface area contributed by atoms with Crippen molar-refractivity contribution in [2.45, 2.75) is 40.9 Å². The Morgan fingerprint density at radius 2 is 1.08 bits per heavy atom. The van der Waals surface area contributed by atoms with Crippen LogP contribution in [0.2, 0.25) is 10.3 Å². The lowest BCUT2D eigenvalue weighted by Gasteiger charge is -2.11. The van der Waals surface area contributed by atoms with Crippen molar-refractivity contribution in [2.75, 3.05) is 10.6 Å². The number of halogens is 2. The van der Waals surface area contributed by atoms with Crippen LogP contribution in [0.3, 0.4) is 0 Å². The zero-order valence-electron chi connectivity index (χ0n) is 29.7. The fourth-order valence-electron chi connectivity index (χ4n) is 4.70. The molecule has 0 bridgehead atoms. The van der Waals surface area contributed by atoms with Gasteiger partial charge < -0.3 is 25.6 Å². The second-order valence-electron chi connectivity index (χ2n) is 11.8. The summed E-state index contributed by atoms with van der Waals surface area (Å²) in [5.74, 6) is 0.482. The Kier molecular flexibility index (Phi) is 14.9. The van der Waals surface area contributed by atoms with E-state index in [1.54, 1.807) is 60.9 Å². The SMILES string of the molecule is Cc1cccc(NC(=O)c2ccc(O)cc2)c1C.Cc1cccc(NC(=O)c2ccc(OCc3cccnc3Cl)cc2)c1C.OCc1cccnc1Cl. The predicted molar refractivity (Wildman–Crippen MR) is 211 cm³/mol. The second-order valence-corrected chi connectivity index (χ2v) is 12.5. The molecule has 2 heterocycles. The summed E-state index contributed by atoms with van der Waals surface area (Å²) >= 11 is 11.6. The molecular weight excluding hydrogens is 711 g/mol. The molecule has 0 fully saturated rings. The van der Waals surface area contributed by atoms with Gasteiger partial charge in [0.2, 0.25) is 0 Å². The lowest BCUT2D eigenvalue weighted by atomic mass is 10.1. The molecule has 0 aliphatic rings. The minimum absolute atomic E-state index is 0.0489. The first-order chi connectivity index (χ1) is 25.5. The van der Waals surface area contributed by atoms with Crippen molar-refractivity contribution in [3.63, 3.8) is 0 Å². The molecule has 0 radical (unpaired) electrons. The van der Waals surface area contributed by atoms with E-state index in [0.29, 0.717) is 39.4 Å². The van der Waals surface area contributed by atoms with E-state index in [1.807, 2.05) is 76.2 Å². The van der Waals surface area contributed by atoms with E-state index in [0.717, 1.165) is 39.2 Å². The van der Waals surface area contributed by atoms with Crippen LogP contribution in [0.1, 0.15) is 54.1 Å². The smallest absolute Gasteiger partial charge is 0.255 e. The van der Waals surface area contributed by atoms with E-state index in [-0.39, 0.29) is 24.2 Å². The van der Waals surface area contributed by atoms with Crippen LogP contribution < -0.4 is 15.4 Å². The number of phenols is 1. The van der Waals surface area contributed by atoms with Gasteiger partial charge in [-0.1, -0.05) is 59.6 Å². The topological polar surface area (TPSA) is 134 Å². The molecule has 53 heavy (non-hydrogen) atoms. The number of ether oxygens (including phenoxy) is 1. The molecule has 11 heteroatoms. The van der Waals surface area contributed by atoms with E-state index < -0.39 is 0 Å². The third-order valence-corrected chi connectivity index (χ3v) is 8.87. The second kappa shape index (κ2) is 19.8. The number of nitrogens with one attached hydrogen (secondary N) is 2. The number of aliphatic hydroxyl groups excluding tert-OH is 1. The zero-order chi connectivity index (χ0) is 38.3. The van der Waals surface area contributed by atoms with Crippen LogP contribution in [0.4, 0.5) is 11.4 Å². The lowest BCUT2D eigenvalue weighted by Crippen LogP contribution is -2.13. The molecule has 0 saturated heterocycles. The third-order valence-electron chi connectivity index (χ3n) is 8.19. The molecule has 9 nitrogen and oxygen atoms in total. The number of anilines is 2. The number of aromatic nitrogens is 2. The van der Waals surface area contributed by atoms with Crippen LogP contribution >= 0.6 is 23.2 Å². The minimum Gasteiger partial charge on any atom is -0.508 e. The van der Waals surface area contributed by atoms with Crippen LogP contribution in [-0.4, -0.2) is 32.0 Å². The quantitative estimate of drug-likeness (QED) is 0.114. The van der Waals surface area contributed by atoms with Crippen LogP contribution in [0.25, 0.3) is 0 Å². The molecule has 0 aliphatic carbocycles. The summed E-state index contributed by atoms with van der Waals surface area (Å²) in [7, 11) is 0. The fourth-order valence-corrected chi connectivity index (χ4v) is 5.06. The van der Waals surface area contributed by atoms with Gasteiger partial charge in [-0.3, -0.25) is 9.59 Å². The molecule has 272 valence electrons. The third kappa shape index (κ3) is 11.9. The number of aromatic hydroxyl groups is 1. The van der Waals surface area contributed by atoms with Crippen molar-refractivity contribution < 1.29 is 24.5 Å². The Hall–Kier alpha value is -5.74. The van der Waals surface area contributed by atoms with Crippen molar-refractivity contribution in [1.82, 2.24) is 9.97 Å². The normalized spacial score (nSPS) is 10.2. The molecule has 0 unspecified atom stereocenters. The summed E-state index contributed by atoms with van der Waals surface area (Å²) in [6, 6.07) is 32.0. The summed E-state index contributed by atoms with van der Waals surface area (Å²) in [6.07, 6.45) is 3.22. The summed E-state index contributed by atoms with van der Waals surface area (Å²) < 4.78 is 5.70. The van der Waals surface area contributed by atoms with E-state index in [9.17, 15) is 14.7 Å². The van der Waals surface area contributed by atoms with Crippen LogP contribution in [-0.2, 0) is 13.2 Å². The van der Waals surface area contributed by atoms with Crippen molar-refractivity contribution in [1.29, 1.82) is 0 Å². The molecule has 2 amide bonds. The highest BCUT2D eigenvalue weighted by molar-refractivity contribution is 6.30. The van der Waals surface area contributed by atoms with E-state index in [2.05, 4.69) is 20.6 Å². The van der Waals surface area contributed by atoms with E-state index in [4.69, 9.17) is 33.0 Å². The largest absolute Gasteiger partial charge is 0.508 e. The lowest BCUT2D eigenvalue weighted by molar-refractivity contribution is 0.101. The zero-order valence-corrected chi connectivity index (χ0v) is 31.2. The number of nitrogens with zero attached hydrogens (tertiary/aromatic N) is 2. The van der Waals surface area contributed by atoms with Crippen LogP contribution in [0.5, 0.6) is 11.5 Å². The minimum atomic E-state index is -0.177. The molecule has 4 N–H and O–H groups in total. The first-order valence-corrected chi connectivity index (χ1v) is 17.3. The summed E-state index contributed by atoms with van der Waals surface area (Å²) in [5.41, 5.74) is 8.60. The van der Waals surface area contributed by atoms with Gasteiger partial charge in [-0.25, -0.2) is 9.97 Å². The maximum atomic E-state index is 12.4. The molecular formula is C42H40Cl2N4O5. The van der Waals surface area contributed by atoms with Gasteiger partial charge in [0.25, 0.3) is 11.8 Å². The monoisotopic (exact) mass is 750 g/mol. The van der Waals surface area contributed by atoms with Gasteiger partial charge in [0.15, 0.2) is 0 Å². The number of phenolic OH excluding ortho intramolecular Hbond substituents is 1.